The average Bonchev–Trinajstić information content (AvgIpc) is 2.51. The van der Waals surface area contributed by atoms with Crippen molar-refractivity contribution in [1.29, 1.82) is 0 Å². The molecule has 2 N–H and O–H groups in total. The summed E-state index contributed by atoms with van der Waals surface area (Å²) in [6.45, 7) is 10.0. The summed E-state index contributed by atoms with van der Waals surface area (Å²) in [6.07, 6.45) is 0. The van der Waals surface area contributed by atoms with Gasteiger partial charge < -0.3 is 5.32 Å². The van der Waals surface area contributed by atoms with Gasteiger partial charge in [-0.25, -0.2) is 0 Å². The Kier molecular flexibility index (Phi) is 6.03. The van der Waals surface area contributed by atoms with Crippen molar-refractivity contribution < 1.29 is 4.79 Å². The molecule has 0 aromatic heterocycles. The smallest absolute Gasteiger partial charge is 0.241 e. The van der Waals surface area contributed by atoms with Crippen molar-refractivity contribution in [2.24, 2.45) is 0 Å². The van der Waals surface area contributed by atoms with E-state index in [0.29, 0.717) is 5.02 Å². The maximum absolute atomic E-state index is 12.5. The fourth-order valence-corrected chi connectivity index (χ4v) is 3.03. The van der Waals surface area contributed by atoms with Crippen molar-refractivity contribution in [2.75, 3.05) is 5.32 Å². The van der Waals surface area contributed by atoms with Crippen LogP contribution >= 0.6 is 11.6 Å². The molecule has 3 nitrogen and oxygen atoms in total. The Hall–Kier alpha value is -1.84. The molecule has 128 valence electrons. The summed E-state index contributed by atoms with van der Waals surface area (Å²) in [4.78, 5) is 12.5. The van der Waals surface area contributed by atoms with E-state index in [-0.39, 0.29) is 18.0 Å². The molecule has 0 fully saturated rings. The molecule has 0 saturated heterocycles. The number of halogens is 1. The lowest BCUT2D eigenvalue weighted by atomic mass is 10.0. The van der Waals surface area contributed by atoms with E-state index in [1.54, 1.807) is 0 Å². The number of rotatable bonds is 5. The first-order chi connectivity index (χ1) is 11.3. The van der Waals surface area contributed by atoms with Gasteiger partial charge in [0.05, 0.1) is 6.04 Å². The number of hydrogen-bond acceptors (Lipinski definition) is 2. The van der Waals surface area contributed by atoms with Crippen LogP contribution in [0.1, 0.15) is 42.1 Å². The minimum absolute atomic E-state index is 0.0362. The first kappa shape index (κ1) is 18.5. The van der Waals surface area contributed by atoms with Crippen molar-refractivity contribution in [2.45, 2.75) is 46.7 Å². The van der Waals surface area contributed by atoms with Gasteiger partial charge in [-0.1, -0.05) is 41.4 Å². The number of anilines is 1. The van der Waals surface area contributed by atoms with E-state index in [1.165, 1.54) is 5.56 Å². The molecular weight excluding hydrogens is 320 g/mol. The molecule has 0 aliphatic rings. The molecule has 0 radical (unpaired) electrons. The second-order valence-electron chi connectivity index (χ2n) is 6.42. The third-order valence-corrected chi connectivity index (χ3v) is 4.44. The van der Waals surface area contributed by atoms with E-state index in [4.69, 9.17) is 11.6 Å². The van der Waals surface area contributed by atoms with Gasteiger partial charge in [0.25, 0.3) is 0 Å². The monoisotopic (exact) mass is 344 g/mol. The Morgan fingerprint density at radius 1 is 1.00 bits per heavy atom. The Morgan fingerprint density at radius 2 is 1.54 bits per heavy atom. The van der Waals surface area contributed by atoms with Gasteiger partial charge in [-0.05, 0) is 63.4 Å². The zero-order valence-corrected chi connectivity index (χ0v) is 15.7. The van der Waals surface area contributed by atoms with E-state index in [2.05, 4.69) is 29.7 Å². The van der Waals surface area contributed by atoms with Gasteiger partial charge in [-0.15, -0.1) is 0 Å². The van der Waals surface area contributed by atoms with Crippen LogP contribution in [-0.2, 0) is 4.79 Å². The summed E-state index contributed by atoms with van der Waals surface area (Å²) >= 11 is 5.92. The third kappa shape index (κ3) is 4.59. The van der Waals surface area contributed by atoms with Gasteiger partial charge >= 0.3 is 0 Å². The van der Waals surface area contributed by atoms with E-state index >= 15 is 0 Å². The highest BCUT2D eigenvalue weighted by Crippen LogP contribution is 2.22. The molecule has 1 amide bonds. The standard InChI is InChI=1S/C20H25ClN2O/c1-12-10-13(2)19(14(3)11-12)23-20(24)16(5)22-15(4)17-6-8-18(21)9-7-17/h6-11,15-16,22H,1-5H3,(H,23,24)/t15-,16+/m0/s1. The molecule has 0 aliphatic heterocycles. The Labute approximate surface area is 149 Å². The van der Waals surface area contributed by atoms with Crippen LogP contribution < -0.4 is 10.6 Å². The fourth-order valence-electron chi connectivity index (χ4n) is 2.91. The quantitative estimate of drug-likeness (QED) is 0.806. The summed E-state index contributed by atoms with van der Waals surface area (Å²) in [5.41, 5.74) is 5.36. The maximum Gasteiger partial charge on any atom is 0.241 e. The predicted molar refractivity (Wildman–Crippen MR) is 102 cm³/mol. The van der Waals surface area contributed by atoms with Crippen LogP contribution in [0, 0.1) is 20.8 Å². The van der Waals surface area contributed by atoms with Crippen LogP contribution in [0.2, 0.25) is 5.02 Å². The lowest BCUT2D eigenvalue weighted by Gasteiger charge is -2.21. The summed E-state index contributed by atoms with van der Waals surface area (Å²) in [5.74, 6) is -0.0362. The molecule has 0 bridgehead atoms. The van der Waals surface area contributed by atoms with Crippen LogP contribution in [0.4, 0.5) is 5.69 Å². The molecule has 2 aromatic rings. The second kappa shape index (κ2) is 7.82. The molecule has 0 saturated carbocycles. The molecule has 0 heterocycles. The largest absolute Gasteiger partial charge is 0.324 e. The highest BCUT2D eigenvalue weighted by Gasteiger charge is 2.18. The Bertz CT molecular complexity index is 702. The SMILES string of the molecule is Cc1cc(C)c(NC(=O)[C@@H](C)N[C@@H](C)c2ccc(Cl)cc2)c(C)c1. The number of carbonyl (C=O) groups excluding carboxylic acids is 1. The zero-order valence-electron chi connectivity index (χ0n) is 14.9. The molecular formula is C20H25ClN2O. The van der Waals surface area contributed by atoms with E-state index in [0.717, 1.165) is 22.4 Å². The van der Waals surface area contributed by atoms with Crippen molar-refractivity contribution in [3.05, 3.63) is 63.7 Å². The fraction of sp³-hybridized carbons (Fsp3) is 0.350. The first-order valence-corrected chi connectivity index (χ1v) is 8.56. The molecule has 2 atom stereocenters. The van der Waals surface area contributed by atoms with Gasteiger partial charge in [-0.2, -0.15) is 0 Å². The first-order valence-electron chi connectivity index (χ1n) is 8.18. The van der Waals surface area contributed by atoms with Gasteiger partial charge in [0.1, 0.15) is 0 Å². The van der Waals surface area contributed by atoms with Gasteiger partial charge in [0.2, 0.25) is 5.91 Å². The van der Waals surface area contributed by atoms with Crippen LogP contribution in [-0.4, -0.2) is 11.9 Å². The van der Waals surface area contributed by atoms with Gasteiger partial charge in [0, 0.05) is 16.8 Å². The highest BCUT2D eigenvalue weighted by atomic mass is 35.5. The van der Waals surface area contributed by atoms with E-state index in [9.17, 15) is 4.79 Å². The Balaban J connectivity index is 2.03. The minimum Gasteiger partial charge on any atom is -0.324 e. The number of amides is 1. The lowest BCUT2D eigenvalue weighted by Crippen LogP contribution is -2.39. The van der Waals surface area contributed by atoms with E-state index in [1.807, 2.05) is 52.0 Å². The van der Waals surface area contributed by atoms with Crippen LogP contribution in [0.25, 0.3) is 0 Å². The zero-order chi connectivity index (χ0) is 17.9. The van der Waals surface area contributed by atoms with Gasteiger partial charge in [0.15, 0.2) is 0 Å². The van der Waals surface area contributed by atoms with Crippen molar-refractivity contribution in [1.82, 2.24) is 5.32 Å². The lowest BCUT2D eigenvalue weighted by molar-refractivity contribution is -0.117. The maximum atomic E-state index is 12.5. The van der Waals surface area contributed by atoms with Crippen molar-refractivity contribution in [3.63, 3.8) is 0 Å². The summed E-state index contributed by atoms with van der Waals surface area (Å²) in [6, 6.07) is 11.6. The molecule has 0 unspecified atom stereocenters. The summed E-state index contributed by atoms with van der Waals surface area (Å²) in [5, 5.41) is 7.09. The average molecular weight is 345 g/mol. The van der Waals surface area contributed by atoms with Crippen LogP contribution in [0.5, 0.6) is 0 Å². The molecule has 2 aromatic carbocycles. The predicted octanol–water partition coefficient (Wildman–Crippen LogP) is 4.94. The molecule has 0 spiro atoms. The summed E-state index contributed by atoms with van der Waals surface area (Å²) < 4.78 is 0. The minimum atomic E-state index is -0.309. The summed E-state index contributed by atoms with van der Waals surface area (Å²) in [7, 11) is 0. The molecule has 4 heteroatoms. The Morgan fingerprint density at radius 3 is 2.08 bits per heavy atom. The molecule has 24 heavy (non-hydrogen) atoms. The number of hydrogen-bond donors (Lipinski definition) is 2. The highest BCUT2D eigenvalue weighted by molar-refractivity contribution is 6.30. The van der Waals surface area contributed by atoms with Crippen molar-refractivity contribution >= 4 is 23.2 Å². The second-order valence-corrected chi connectivity index (χ2v) is 6.86. The normalized spacial score (nSPS) is 13.4. The van der Waals surface area contributed by atoms with Crippen LogP contribution in [0.15, 0.2) is 36.4 Å². The molecule has 0 aliphatic carbocycles. The number of benzene rings is 2. The van der Waals surface area contributed by atoms with Crippen LogP contribution in [0.3, 0.4) is 0 Å². The van der Waals surface area contributed by atoms with Crippen molar-refractivity contribution in [3.8, 4) is 0 Å². The van der Waals surface area contributed by atoms with Gasteiger partial charge in [-0.3, -0.25) is 10.1 Å². The number of aryl methyl sites for hydroxylation is 3. The number of carbonyl (C=O) groups is 1. The third-order valence-electron chi connectivity index (χ3n) is 4.19. The van der Waals surface area contributed by atoms with E-state index < -0.39 is 0 Å². The molecule has 2 rings (SSSR count). The number of nitrogens with one attached hydrogen (secondary N) is 2. The topological polar surface area (TPSA) is 41.1 Å².